The number of aryl methyl sites for hydroxylation is 2. The Morgan fingerprint density at radius 1 is 0.837 bits per heavy atom. The Morgan fingerprint density at radius 3 is 2.16 bits per heavy atom. The van der Waals surface area contributed by atoms with Crippen molar-refractivity contribution in [1.29, 1.82) is 0 Å². The van der Waals surface area contributed by atoms with Crippen LogP contribution in [0, 0.1) is 13.8 Å². The van der Waals surface area contributed by atoms with Gasteiger partial charge in [0.2, 0.25) is 11.8 Å². The topological polar surface area (TPSA) is 86.8 Å². The fraction of sp³-hybridized carbons (Fsp3) is 0.235. The van der Waals surface area contributed by atoms with Gasteiger partial charge in [-0.2, -0.15) is 0 Å². The summed E-state index contributed by atoms with van der Waals surface area (Å²) in [5, 5.41) is 3.30. The van der Waals surface area contributed by atoms with Gasteiger partial charge in [0.15, 0.2) is 0 Å². The second kappa shape index (κ2) is 14.4. The molecule has 0 aliphatic heterocycles. The quantitative estimate of drug-likeness (QED) is 0.214. The van der Waals surface area contributed by atoms with Crippen molar-refractivity contribution >= 4 is 39.1 Å². The van der Waals surface area contributed by atoms with Crippen molar-refractivity contribution in [2.75, 3.05) is 17.4 Å². The van der Waals surface area contributed by atoms with E-state index in [-0.39, 0.29) is 23.8 Å². The summed E-state index contributed by atoms with van der Waals surface area (Å²) < 4.78 is 29.3. The van der Waals surface area contributed by atoms with Crippen LogP contribution in [0.1, 0.15) is 29.2 Å². The summed E-state index contributed by atoms with van der Waals surface area (Å²) >= 11 is 6.52. The van der Waals surface area contributed by atoms with Crippen LogP contribution < -0.4 is 9.62 Å². The molecule has 2 amide bonds. The van der Waals surface area contributed by atoms with Gasteiger partial charge in [0, 0.05) is 24.5 Å². The van der Waals surface area contributed by atoms with Gasteiger partial charge in [-0.15, -0.1) is 0 Å². The van der Waals surface area contributed by atoms with E-state index in [0.717, 1.165) is 21.0 Å². The maximum atomic E-state index is 14.4. The molecule has 0 aliphatic carbocycles. The minimum atomic E-state index is -4.15. The van der Waals surface area contributed by atoms with Crippen LogP contribution in [0.25, 0.3) is 0 Å². The summed E-state index contributed by atoms with van der Waals surface area (Å²) in [6, 6.07) is 29.1. The van der Waals surface area contributed by atoms with Crippen LogP contribution in [0.2, 0.25) is 5.02 Å². The Balaban J connectivity index is 1.80. The highest BCUT2D eigenvalue weighted by molar-refractivity contribution is 7.92. The molecule has 0 fully saturated rings. The van der Waals surface area contributed by atoms with E-state index in [4.69, 9.17) is 11.6 Å². The predicted octanol–water partition coefficient (Wildman–Crippen LogP) is 5.93. The number of benzene rings is 4. The van der Waals surface area contributed by atoms with Crippen LogP contribution in [0.5, 0.6) is 0 Å². The van der Waals surface area contributed by atoms with E-state index in [2.05, 4.69) is 5.32 Å². The summed E-state index contributed by atoms with van der Waals surface area (Å²) in [5.74, 6) is -0.875. The van der Waals surface area contributed by atoms with Crippen LogP contribution in [-0.4, -0.2) is 44.3 Å². The van der Waals surface area contributed by atoms with E-state index in [0.29, 0.717) is 22.8 Å². The number of hydrogen-bond acceptors (Lipinski definition) is 4. The fourth-order valence-electron chi connectivity index (χ4n) is 4.81. The first-order valence-corrected chi connectivity index (χ1v) is 15.9. The van der Waals surface area contributed by atoms with Gasteiger partial charge in [-0.3, -0.25) is 13.9 Å². The Labute approximate surface area is 259 Å². The number of nitrogens with one attached hydrogen (secondary N) is 1. The molecule has 0 bridgehead atoms. The molecule has 0 unspecified atom stereocenters. The molecule has 1 atom stereocenters. The molecule has 0 radical (unpaired) electrons. The first-order valence-electron chi connectivity index (χ1n) is 14.1. The lowest BCUT2D eigenvalue weighted by atomic mass is 10.0. The third kappa shape index (κ3) is 8.03. The second-order valence-corrected chi connectivity index (χ2v) is 12.6. The molecule has 43 heavy (non-hydrogen) atoms. The highest BCUT2D eigenvalue weighted by Crippen LogP contribution is 2.27. The number of amides is 2. The number of carbonyl (C=O) groups excluding carboxylic acids is 2. The molecule has 224 valence electrons. The molecule has 0 aliphatic rings. The molecule has 9 heteroatoms. The van der Waals surface area contributed by atoms with Crippen molar-refractivity contribution in [2.45, 2.75) is 44.7 Å². The molecular weight excluding hydrogens is 582 g/mol. The SMILES string of the molecule is CCNC(=O)[C@H](Cc1ccccc1)N(Cc1ccccc1Cl)C(=O)CN(c1cccc(C)c1)S(=O)(=O)c1ccc(C)cc1. The number of halogens is 1. The Hall–Kier alpha value is -4.14. The highest BCUT2D eigenvalue weighted by atomic mass is 35.5. The lowest BCUT2D eigenvalue weighted by Gasteiger charge is -2.34. The van der Waals surface area contributed by atoms with Gasteiger partial charge < -0.3 is 10.2 Å². The van der Waals surface area contributed by atoms with Crippen molar-refractivity contribution < 1.29 is 18.0 Å². The molecular formula is C34H36ClN3O4S. The van der Waals surface area contributed by atoms with Crippen LogP contribution in [0.15, 0.2) is 108 Å². The number of nitrogens with zero attached hydrogens (tertiary/aromatic N) is 2. The van der Waals surface area contributed by atoms with Gasteiger partial charge in [-0.1, -0.05) is 90.0 Å². The van der Waals surface area contributed by atoms with Crippen molar-refractivity contribution in [2.24, 2.45) is 0 Å². The maximum absolute atomic E-state index is 14.4. The van der Waals surface area contributed by atoms with Crippen LogP contribution >= 0.6 is 11.6 Å². The lowest BCUT2D eigenvalue weighted by Crippen LogP contribution is -2.53. The summed E-state index contributed by atoms with van der Waals surface area (Å²) in [5.41, 5.74) is 3.60. The van der Waals surface area contributed by atoms with Crippen molar-refractivity contribution in [3.63, 3.8) is 0 Å². The highest BCUT2D eigenvalue weighted by Gasteiger charge is 2.34. The lowest BCUT2D eigenvalue weighted by molar-refractivity contribution is -0.140. The van der Waals surface area contributed by atoms with Gasteiger partial charge in [0.1, 0.15) is 12.6 Å². The average molecular weight is 618 g/mol. The van der Waals surface area contributed by atoms with Gasteiger partial charge in [-0.25, -0.2) is 8.42 Å². The van der Waals surface area contributed by atoms with E-state index in [1.807, 2.05) is 63.2 Å². The van der Waals surface area contributed by atoms with E-state index >= 15 is 0 Å². The molecule has 4 aromatic rings. The third-order valence-electron chi connectivity index (χ3n) is 7.10. The summed E-state index contributed by atoms with van der Waals surface area (Å²) in [6.07, 6.45) is 0.234. The molecule has 4 aromatic carbocycles. The van der Waals surface area contributed by atoms with E-state index in [9.17, 15) is 18.0 Å². The van der Waals surface area contributed by atoms with Crippen LogP contribution in [0.3, 0.4) is 0 Å². The molecule has 0 aromatic heterocycles. The molecule has 0 saturated carbocycles. The minimum Gasteiger partial charge on any atom is -0.355 e. The molecule has 0 saturated heterocycles. The number of likely N-dealkylation sites (N-methyl/N-ethyl adjacent to an activating group) is 1. The predicted molar refractivity (Wildman–Crippen MR) is 172 cm³/mol. The van der Waals surface area contributed by atoms with Crippen LogP contribution in [-0.2, 0) is 32.6 Å². The fourth-order valence-corrected chi connectivity index (χ4v) is 6.41. The van der Waals surface area contributed by atoms with Gasteiger partial charge in [0.25, 0.3) is 10.0 Å². The van der Waals surface area contributed by atoms with E-state index < -0.39 is 28.5 Å². The number of sulfonamides is 1. The number of anilines is 1. The summed E-state index contributed by atoms with van der Waals surface area (Å²) in [4.78, 5) is 29.4. The Kier molecular flexibility index (Phi) is 10.6. The zero-order chi connectivity index (χ0) is 31.0. The Bertz CT molecular complexity index is 1660. The van der Waals surface area contributed by atoms with E-state index in [1.165, 1.54) is 17.0 Å². The zero-order valence-corrected chi connectivity index (χ0v) is 26.1. The third-order valence-corrected chi connectivity index (χ3v) is 9.25. The maximum Gasteiger partial charge on any atom is 0.264 e. The monoisotopic (exact) mass is 617 g/mol. The van der Waals surface area contributed by atoms with Gasteiger partial charge in [-0.05, 0) is 67.8 Å². The number of carbonyl (C=O) groups is 2. The largest absolute Gasteiger partial charge is 0.355 e. The number of rotatable bonds is 12. The summed E-state index contributed by atoms with van der Waals surface area (Å²) in [7, 11) is -4.15. The number of hydrogen-bond donors (Lipinski definition) is 1. The molecule has 0 spiro atoms. The molecule has 1 N–H and O–H groups in total. The average Bonchev–Trinajstić information content (AvgIpc) is 2.99. The molecule has 4 rings (SSSR count). The smallest absolute Gasteiger partial charge is 0.264 e. The van der Waals surface area contributed by atoms with Gasteiger partial charge in [0.05, 0.1) is 10.6 Å². The van der Waals surface area contributed by atoms with E-state index in [1.54, 1.807) is 48.5 Å². The standard InChI is InChI=1S/C34H36ClN3O4S/c1-4-36-34(40)32(22-27-12-6-5-7-13-27)37(23-28-14-8-9-16-31(28)35)33(39)24-38(29-15-10-11-26(3)21-29)43(41,42)30-19-17-25(2)18-20-30/h5-21,32H,4,22-24H2,1-3H3,(H,36,40)/t32-/m0/s1. The first kappa shape index (κ1) is 31.8. The Morgan fingerprint density at radius 2 is 1.51 bits per heavy atom. The normalized spacial score (nSPS) is 11.9. The van der Waals surface area contributed by atoms with Crippen LogP contribution in [0.4, 0.5) is 5.69 Å². The minimum absolute atomic E-state index is 0.0133. The van der Waals surface area contributed by atoms with Crippen molar-refractivity contribution in [3.8, 4) is 0 Å². The molecule has 0 heterocycles. The first-order chi connectivity index (χ1) is 20.6. The van der Waals surface area contributed by atoms with Gasteiger partial charge >= 0.3 is 0 Å². The molecule has 7 nitrogen and oxygen atoms in total. The second-order valence-electron chi connectivity index (χ2n) is 10.4. The van der Waals surface area contributed by atoms with Crippen molar-refractivity contribution in [1.82, 2.24) is 10.2 Å². The zero-order valence-electron chi connectivity index (χ0n) is 24.5. The van der Waals surface area contributed by atoms with Crippen molar-refractivity contribution in [3.05, 3.63) is 130 Å². The summed E-state index contributed by atoms with van der Waals surface area (Å²) in [6.45, 7) is 5.41.